The van der Waals surface area contributed by atoms with Gasteiger partial charge >= 0.3 is 18.5 Å². The second-order valence-corrected chi connectivity index (χ2v) is 3.71. The quantitative estimate of drug-likeness (QED) is 0.487. The number of ether oxygens (including phenoxy) is 3. The van der Waals surface area contributed by atoms with Crippen LogP contribution >= 0.6 is 0 Å². The first-order valence-electron chi connectivity index (χ1n) is 5.25. The summed E-state index contributed by atoms with van der Waals surface area (Å²) in [6.45, 7) is -0.550. The third kappa shape index (κ3) is 5.73. The molecule has 126 valence electrons. The van der Waals surface area contributed by atoms with Crippen LogP contribution in [0.15, 0.2) is 0 Å². The second-order valence-electron chi connectivity index (χ2n) is 3.71. The van der Waals surface area contributed by atoms with Crippen LogP contribution in [0.25, 0.3) is 0 Å². The number of aliphatic hydroxyl groups is 1. The molecule has 1 heterocycles. The van der Waals surface area contributed by atoms with E-state index in [2.05, 4.69) is 14.2 Å². The van der Waals surface area contributed by atoms with Gasteiger partial charge in [-0.1, -0.05) is 0 Å². The van der Waals surface area contributed by atoms with Crippen LogP contribution in [0, 0.1) is 0 Å². The zero-order valence-electron chi connectivity index (χ0n) is 10.4. The average Bonchev–Trinajstić information content (AvgIpc) is 2.49. The lowest BCUT2D eigenvalue weighted by molar-refractivity contribution is -0.391. The van der Waals surface area contributed by atoms with Crippen molar-refractivity contribution in [3.05, 3.63) is 0 Å². The molecule has 1 N–H and O–H groups in total. The monoisotopic (exact) mass is 332 g/mol. The number of carbonyl (C=O) groups excluding carboxylic acids is 1. The Morgan fingerprint density at radius 2 is 1.86 bits per heavy atom. The van der Waals surface area contributed by atoms with E-state index in [1.165, 1.54) is 0 Å². The van der Waals surface area contributed by atoms with Crippen LogP contribution in [0.2, 0.25) is 0 Å². The van der Waals surface area contributed by atoms with Crippen LogP contribution in [0.5, 0.6) is 0 Å². The predicted octanol–water partition coefficient (Wildman–Crippen LogP) is 2.68. The van der Waals surface area contributed by atoms with E-state index in [-0.39, 0.29) is 13.0 Å². The van der Waals surface area contributed by atoms with Crippen molar-refractivity contribution >= 4 is 6.29 Å². The van der Waals surface area contributed by atoms with E-state index in [1.54, 1.807) is 0 Å². The summed E-state index contributed by atoms with van der Waals surface area (Å²) < 4.78 is 94.9. The van der Waals surface area contributed by atoms with Gasteiger partial charge in [0.15, 0.2) is 0 Å². The minimum absolute atomic E-state index is 0.0789. The van der Waals surface area contributed by atoms with Crippen molar-refractivity contribution in [1.82, 2.24) is 0 Å². The minimum Gasteiger partial charge on any atom is -0.396 e. The zero-order valence-corrected chi connectivity index (χ0v) is 10.4. The number of rotatable bonds is 4. The topological polar surface area (TPSA) is 65.0 Å². The van der Waals surface area contributed by atoms with E-state index in [9.17, 15) is 30.7 Å². The second kappa shape index (κ2) is 7.33. The Morgan fingerprint density at radius 1 is 1.38 bits per heavy atom. The van der Waals surface area contributed by atoms with Crippen LogP contribution in [0.1, 0.15) is 13.3 Å². The summed E-state index contributed by atoms with van der Waals surface area (Å²) in [4.78, 5) is 8.11. The lowest BCUT2D eigenvalue weighted by Gasteiger charge is -2.26. The van der Waals surface area contributed by atoms with Gasteiger partial charge in [-0.2, -0.15) is 17.6 Å². The van der Waals surface area contributed by atoms with E-state index in [0.717, 1.165) is 0 Å². The Hall–Kier alpha value is -0.980. The van der Waals surface area contributed by atoms with E-state index in [4.69, 9.17) is 9.90 Å². The molecule has 12 heteroatoms. The van der Waals surface area contributed by atoms with Gasteiger partial charge in [0.2, 0.25) is 0 Å². The average molecular weight is 332 g/mol. The van der Waals surface area contributed by atoms with Gasteiger partial charge in [0.05, 0.1) is 6.61 Å². The maximum Gasteiger partial charge on any atom is 0.483 e. The van der Waals surface area contributed by atoms with Gasteiger partial charge in [-0.15, -0.1) is 8.78 Å². The van der Waals surface area contributed by atoms with Gasteiger partial charge < -0.3 is 14.6 Å². The van der Waals surface area contributed by atoms with E-state index in [0.29, 0.717) is 6.92 Å². The number of halogens is 7. The Bertz CT molecular complexity index is 348. The van der Waals surface area contributed by atoms with Crippen molar-refractivity contribution in [3.63, 3.8) is 0 Å². The molecule has 1 rings (SSSR count). The highest BCUT2D eigenvalue weighted by Gasteiger charge is 2.69. The number of hydrogen-bond acceptors (Lipinski definition) is 5. The molecule has 3 unspecified atom stereocenters. The van der Waals surface area contributed by atoms with Crippen molar-refractivity contribution in [1.29, 1.82) is 0 Å². The van der Waals surface area contributed by atoms with Crippen LogP contribution in [-0.2, 0) is 14.2 Å². The normalized spacial score (nSPS) is 32.5. The summed E-state index contributed by atoms with van der Waals surface area (Å²) in [6.07, 6.45) is -11.0. The molecule has 1 fully saturated rings. The van der Waals surface area contributed by atoms with E-state index < -0.39 is 37.3 Å². The summed E-state index contributed by atoms with van der Waals surface area (Å²) in [5.74, 6) is -3.40. The molecule has 1 saturated heterocycles. The van der Waals surface area contributed by atoms with E-state index >= 15 is 0 Å². The summed E-state index contributed by atoms with van der Waals surface area (Å²) in [6, 6.07) is -3.63. The highest BCUT2D eigenvalue weighted by atomic mass is 19.4. The van der Waals surface area contributed by atoms with Crippen molar-refractivity contribution < 1.29 is 54.8 Å². The highest BCUT2D eigenvalue weighted by Crippen LogP contribution is 2.47. The van der Waals surface area contributed by atoms with Gasteiger partial charge in [0, 0.05) is 6.61 Å². The van der Waals surface area contributed by atoms with Crippen molar-refractivity contribution in [2.45, 2.75) is 37.7 Å². The molecule has 0 aromatic heterocycles. The summed E-state index contributed by atoms with van der Waals surface area (Å²) in [7, 11) is 0. The van der Waals surface area contributed by atoms with Gasteiger partial charge in [0.25, 0.3) is 12.1 Å². The standard InChI is InChI=1S/C8H11F5O4.CF2O/c1-6(8(11,12)13)16-5(9)7(10,17-6)15-4-2-3-14;2-1(3)4/h5,14H,2-4H2,1H3;. The lowest BCUT2D eigenvalue weighted by atomic mass is 10.3. The summed E-state index contributed by atoms with van der Waals surface area (Å²) >= 11 is 0. The fourth-order valence-electron chi connectivity index (χ4n) is 1.10. The molecule has 1 aliphatic heterocycles. The molecule has 0 bridgehead atoms. The number of hydrogen-bond donors (Lipinski definition) is 1. The Morgan fingerprint density at radius 3 is 2.19 bits per heavy atom. The van der Waals surface area contributed by atoms with Crippen molar-refractivity contribution in [2.24, 2.45) is 0 Å². The SMILES string of the molecule is CC1(C(F)(F)F)OC(F)C(F)(OCCCO)O1.O=C(F)F. The largest absolute Gasteiger partial charge is 0.483 e. The molecule has 0 amide bonds. The molecular weight excluding hydrogens is 321 g/mol. The molecule has 3 atom stereocenters. The van der Waals surface area contributed by atoms with Crippen LogP contribution < -0.4 is 0 Å². The fourth-order valence-corrected chi connectivity index (χ4v) is 1.10. The van der Waals surface area contributed by atoms with Crippen LogP contribution in [0.3, 0.4) is 0 Å². The molecule has 0 aliphatic carbocycles. The third-order valence-electron chi connectivity index (χ3n) is 2.05. The number of carbonyl (C=O) groups is 1. The number of aliphatic hydroxyl groups excluding tert-OH is 1. The van der Waals surface area contributed by atoms with Gasteiger partial charge in [-0.3, -0.25) is 4.74 Å². The summed E-state index contributed by atoms with van der Waals surface area (Å²) in [5, 5.41) is 8.37. The third-order valence-corrected chi connectivity index (χ3v) is 2.05. The molecule has 0 radical (unpaired) electrons. The van der Waals surface area contributed by atoms with E-state index in [1.807, 2.05) is 0 Å². The lowest BCUT2D eigenvalue weighted by Crippen LogP contribution is -2.45. The first kappa shape index (κ1) is 20.0. The fraction of sp³-hybridized carbons (Fsp3) is 0.889. The Balaban J connectivity index is 0.000000885. The maximum absolute atomic E-state index is 13.5. The van der Waals surface area contributed by atoms with Gasteiger partial charge in [-0.25, -0.2) is 9.18 Å². The summed E-state index contributed by atoms with van der Waals surface area (Å²) in [5.41, 5.74) is 0. The van der Waals surface area contributed by atoms with Crippen molar-refractivity contribution in [3.8, 4) is 0 Å². The van der Waals surface area contributed by atoms with Gasteiger partial charge in [0.1, 0.15) is 0 Å². The Kier molecular flexibility index (Phi) is 6.99. The Labute approximate surface area is 113 Å². The molecule has 0 aromatic carbocycles. The first-order chi connectivity index (χ1) is 9.38. The van der Waals surface area contributed by atoms with Crippen molar-refractivity contribution in [2.75, 3.05) is 13.2 Å². The highest BCUT2D eigenvalue weighted by molar-refractivity contribution is 5.55. The zero-order chi connectivity index (χ0) is 16.9. The maximum atomic E-state index is 13.5. The molecule has 0 spiro atoms. The molecule has 0 saturated carbocycles. The molecule has 5 nitrogen and oxygen atoms in total. The molecule has 0 aromatic rings. The predicted molar refractivity (Wildman–Crippen MR) is 50.6 cm³/mol. The molecule has 1 aliphatic rings. The smallest absolute Gasteiger partial charge is 0.396 e. The molecule has 21 heavy (non-hydrogen) atoms. The van der Waals surface area contributed by atoms with Gasteiger partial charge in [-0.05, 0) is 13.3 Å². The van der Waals surface area contributed by atoms with Crippen LogP contribution in [-0.4, -0.2) is 49.0 Å². The first-order valence-corrected chi connectivity index (χ1v) is 5.25. The minimum atomic E-state index is -5.11. The number of alkyl halides is 5. The molecular formula is C9H11F7O5. The van der Waals surface area contributed by atoms with Crippen LogP contribution in [0.4, 0.5) is 35.5 Å².